The molecule has 1 atom stereocenters. The standard InChI is InChI=1S/C24H29NO6/c1-5-28-20-13-18(14-21(29-6-2)23(20)30-7-3)24(27)31-15-22(26)25-16(4)12-17-10-8-9-11-19(17)25/h8-11,13-14,16H,5-7,12,15H2,1-4H3/t16-/m1/s1. The summed E-state index contributed by atoms with van der Waals surface area (Å²) in [5, 5.41) is 0. The van der Waals surface area contributed by atoms with E-state index >= 15 is 0 Å². The average Bonchev–Trinajstić information content (AvgIpc) is 3.10. The van der Waals surface area contributed by atoms with Gasteiger partial charge in [-0.1, -0.05) is 18.2 Å². The van der Waals surface area contributed by atoms with Crippen LogP contribution in [-0.4, -0.2) is 44.3 Å². The molecule has 7 nitrogen and oxygen atoms in total. The van der Waals surface area contributed by atoms with E-state index in [1.165, 1.54) is 0 Å². The average molecular weight is 427 g/mol. The quantitative estimate of drug-likeness (QED) is 0.563. The lowest BCUT2D eigenvalue weighted by Crippen LogP contribution is -2.38. The Morgan fingerprint density at radius 2 is 1.58 bits per heavy atom. The normalized spacial score (nSPS) is 14.7. The number of esters is 1. The van der Waals surface area contributed by atoms with Crippen molar-refractivity contribution < 1.29 is 28.5 Å². The number of rotatable bonds is 9. The highest BCUT2D eigenvalue weighted by Crippen LogP contribution is 2.39. The Bertz CT molecular complexity index is 914. The van der Waals surface area contributed by atoms with E-state index in [4.69, 9.17) is 18.9 Å². The molecule has 1 aliphatic rings. The summed E-state index contributed by atoms with van der Waals surface area (Å²) in [7, 11) is 0. The number of carbonyl (C=O) groups is 2. The van der Waals surface area contributed by atoms with Gasteiger partial charge in [0.2, 0.25) is 5.75 Å². The lowest BCUT2D eigenvalue weighted by molar-refractivity contribution is -0.122. The molecule has 31 heavy (non-hydrogen) atoms. The molecule has 0 aliphatic carbocycles. The van der Waals surface area contributed by atoms with E-state index in [1.54, 1.807) is 17.0 Å². The Morgan fingerprint density at radius 1 is 0.968 bits per heavy atom. The minimum Gasteiger partial charge on any atom is -0.490 e. The number of nitrogens with zero attached hydrogens (tertiary/aromatic N) is 1. The summed E-state index contributed by atoms with van der Waals surface area (Å²) in [6.07, 6.45) is 0.782. The van der Waals surface area contributed by atoms with Crippen LogP contribution in [-0.2, 0) is 16.0 Å². The van der Waals surface area contributed by atoms with Crippen LogP contribution in [0.25, 0.3) is 0 Å². The molecular weight excluding hydrogens is 398 g/mol. The first-order chi connectivity index (χ1) is 15.0. The minimum atomic E-state index is -0.626. The lowest BCUT2D eigenvalue weighted by Gasteiger charge is -2.22. The molecule has 0 spiro atoms. The molecule has 0 saturated carbocycles. The fourth-order valence-corrected chi connectivity index (χ4v) is 3.73. The van der Waals surface area contributed by atoms with E-state index in [9.17, 15) is 9.59 Å². The monoisotopic (exact) mass is 427 g/mol. The molecule has 0 saturated heterocycles. The van der Waals surface area contributed by atoms with Gasteiger partial charge in [-0.05, 0) is 57.9 Å². The van der Waals surface area contributed by atoms with E-state index in [1.807, 2.05) is 52.0 Å². The Kier molecular flexibility index (Phi) is 7.39. The fourth-order valence-electron chi connectivity index (χ4n) is 3.73. The van der Waals surface area contributed by atoms with Gasteiger partial charge in [0.1, 0.15) is 0 Å². The van der Waals surface area contributed by atoms with Crippen molar-refractivity contribution in [2.45, 2.75) is 40.2 Å². The number of anilines is 1. The Hall–Kier alpha value is -3.22. The molecule has 0 aromatic heterocycles. The third kappa shape index (κ3) is 4.93. The summed E-state index contributed by atoms with van der Waals surface area (Å²) in [4.78, 5) is 27.2. The van der Waals surface area contributed by atoms with Crippen LogP contribution in [0.5, 0.6) is 17.2 Å². The third-order valence-electron chi connectivity index (χ3n) is 4.95. The molecule has 1 heterocycles. The lowest BCUT2D eigenvalue weighted by atomic mass is 10.1. The molecule has 2 aromatic carbocycles. The number of benzene rings is 2. The highest BCUT2D eigenvalue weighted by molar-refractivity contribution is 5.99. The van der Waals surface area contributed by atoms with Crippen LogP contribution in [0.3, 0.4) is 0 Å². The number of amides is 1. The van der Waals surface area contributed by atoms with Crippen LogP contribution in [0.1, 0.15) is 43.6 Å². The van der Waals surface area contributed by atoms with Crippen molar-refractivity contribution in [2.24, 2.45) is 0 Å². The predicted molar refractivity (Wildman–Crippen MR) is 117 cm³/mol. The van der Waals surface area contributed by atoms with Gasteiger partial charge in [-0.25, -0.2) is 4.79 Å². The molecule has 1 aliphatic heterocycles. The zero-order valence-electron chi connectivity index (χ0n) is 18.5. The van der Waals surface area contributed by atoms with Crippen molar-refractivity contribution in [1.82, 2.24) is 0 Å². The summed E-state index contributed by atoms with van der Waals surface area (Å²) in [5.74, 6) is 0.359. The van der Waals surface area contributed by atoms with Crippen molar-refractivity contribution in [1.29, 1.82) is 0 Å². The number of ether oxygens (including phenoxy) is 4. The molecule has 2 aromatic rings. The van der Waals surface area contributed by atoms with Crippen molar-refractivity contribution in [3.63, 3.8) is 0 Å². The molecule has 0 fully saturated rings. The van der Waals surface area contributed by atoms with Crippen molar-refractivity contribution in [3.8, 4) is 17.2 Å². The molecule has 0 bridgehead atoms. The second-order valence-electron chi connectivity index (χ2n) is 7.12. The van der Waals surface area contributed by atoms with Crippen molar-refractivity contribution in [2.75, 3.05) is 31.3 Å². The molecule has 3 rings (SSSR count). The smallest absolute Gasteiger partial charge is 0.338 e. The van der Waals surface area contributed by atoms with Gasteiger partial charge in [-0.15, -0.1) is 0 Å². The first kappa shape index (κ1) is 22.5. The Labute approximate surface area is 182 Å². The summed E-state index contributed by atoms with van der Waals surface area (Å²) in [5.41, 5.74) is 2.22. The number of hydrogen-bond donors (Lipinski definition) is 0. The maximum Gasteiger partial charge on any atom is 0.338 e. The minimum absolute atomic E-state index is 0.0168. The van der Waals surface area contributed by atoms with Crippen molar-refractivity contribution in [3.05, 3.63) is 47.5 Å². The van der Waals surface area contributed by atoms with Gasteiger partial charge in [0.25, 0.3) is 5.91 Å². The van der Waals surface area contributed by atoms with Gasteiger partial charge in [0.15, 0.2) is 18.1 Å². The number of carbonyl (C=O) groups excluding carboxylic acids is 2. The van der Waals surface area contributed by atoms with E-state index in [0.29, 0.717) is 37.1 Å². The zero-order chi connectivity index (χ0) is 22.4. The SMILES string of the molecule is CCOc1cc(C(=O)OCC(=O)N2c3ccccc3C[C@H]2C)cc(OCC)c1OCC. The van der Waals surface area contributed by atoms with Gasteiger partial charge in [0, 0.05) is 11.7 Å². The summed E-state index contributed by atoms with van der Waals surface area (Å²) < 4.78 is 22.3. The first-order valence-corrected chi connectivity index (χ1v) is 10.6. The highest BCUT2D eigenvalue weighted by Gasteiger charge is 2.31. The Morgan fingerprint density at radius 3 is 2.19 bits per heavy atom. The maximum atomic E-state index is 12.8. The Balaban J connectivity index is 1.76. The number of para-hydroxylation sites is 1. The number of hydrogen-bond acceptors (Lipinski definition) is 6. The van der Waals surface area contributed by atoms with Gasteiger partial charge in [-0.2, -0.15) is 0 Å². The predicted octanol–water partition coefficient (Wildman–Crippen LogP) is 4.02. The molecule has 0 unspecified atom stereocenters. The van der Waals surface area contributed by atoms with Crippen LogP contribution in [0.4, 0.5) is 5.69 Å². The van der Waals surface area contributed by atoms with Gasteiger partial charge < -0.3 is 23.8 Å². The summed E-state index contributed by atoms with van der Waals surface area (Å²) in [6, 6.07) is 10.9. The van der Waals surface area contributed by atoms with Crippen LogP contribution in [0.15, 0.2) is 36.4 Å². The van der Waals surface area contributed by atoms with Gasteiger partial charge in [-0.3, -0.25) is 4.79 Å². The largest absolute Gasteiger partial charge is 0.490 e. The van der Waals surface area contributed by atoms with E-state index < -0.39 is 5.97 Å². The highest BCUT2D eigenvalue weighted by atomic mass is 16.5. The van der Waals surface area contributed by atoms with Crippen LogP contribution >= 0.6 is 0 Å². The molecule has 7 heteroatoms. The van der Waals surface area contributed by atoms with E-state index in [2.05, 4.69) is 0 Å². The summed E-state index contributed by atoms with van der Waals surface area (Å²) >= 11 is 0. The van der Waals surface area contributed by atoms with Crippen LogP contribution in [0.2, 0.25) is 0 Å². The second-order valence-corrected chi connectivity index (χ2v) is 7.12. The van der Waals surface area contributed by atoms with Crippen molar-refractivity contribution >= 4 is 17.6 Å². The van der Waals surface area contributed by atoms with Gasteiger partial charge >= 0.3 is 5.97 Å². The second kappa shape index (κ2) is 10.2. The third-order valence-corrected chi connectivity index (χ3v) is 4.95. The van der Waals surface area contributed by atoms with E-state index in [-0.39, 0.29) is 24.1 Å². The molecule has 0 N–H and O–H groups in total. The zero-order valence-corrected chi connectivity index (χ0v) is 18.5. The fraction of sp³-hybridized carbons (Fsp3) is 0.417. The van der Waals surface area contributed by atoms with Crippen LogP contribution in [0, 0.1) is 0 Å². The molecule has 1 amide bonds. The van der Waals surface area contributed by atoms with Gasteiger partial charge in [0.05, 0.1) is 25.4 Å². The van der Waals surface area contributed by atoms with E-state index in [0.717, 1.165) is 17.7 Å². The topological polar surface area (TPSA) is 74.3 Å². The van der Waals surface area contributed by atoms with Crippen LogP contribution < -0.4 is 19.1 Å². The summed E-state index contributed by atoms with van der Waals surface area (Å²) in [6.45, 7) is 8.39. The first-order valence-electron chi connectivity index (χ1n) is 10.6. The number of fused-ring (bicyclic) bond motifs is 1. The molecular formula is C24H29NO6. The molecule has 166 valence electrons. The maximum absolute atomic E-state index is 12.8. The molecule has 0 radical (unpaired) electrons.